The molecule has 2 nitrogen and oxygen atoms in total. The van der Waals surface area contributed by atoms with Gasteiger partial charge in [-0.15, -0.1) is 0 Å². The summed E-state index contributed by atoms with van der Waals surface area (Å²) in [5.74, 6) is 0.689. The third-order valence-corrected chi connectivity index (χ3v) is 4.75. The van der Waals surface area contributed by atoms with Crippen LogP contribution in [0.4, 0.5) is 0 Å². The summed E-state index contributed by atoms with van der Waals surface area (Å²) < 4.78 is 0. The summed E-state index contributed by atoms with van der Waals surface area (Å²) in [5, 5.41) is 0. The average molecular weight is 296 g/mol. The minimum absolute atomic E-state index is 0.163. The number of likely N-dealkylation sites (tertiary alicyclic amines) is 1. The Hall–Kier alpha value is -0.830. The van der Waals surface area contributed by atoms with Gasteiger partial charge in [0.15, 0.2) is 0 Å². The highest BCUT2D eigenvalue weighted by Gasteiger charge is 2.27. The molecule has 0 spiro atoms. The van der Waals surface area contributed by atoms with Gasteiger partial charge < -0.3 is 4.90 Å². The quantitative estimate of drug-likeness (QED) is 0.729. The summed E-state index contributed by atoms with van der Waals surface area (Å²) in [6.45, 7) is 5.93. The van der Waals surface area contributed by atoms with E-state index in [9.17, 15) is 4.79 Å². The van der Waals surface area contributed by atoms with Crippen molar-refractivity contribution in [2.75, 3.05) is 13.1 Å². The Morgan fingerprint density at radius 3 is 2.59 bits per heavy atom. The number of benzene rings is 1. The first kappa shape index (κ1) is 12.6. The van der Waals surface area contributed by atoms with Gasteiger partial charge >= 0.3 is 0 Å². The van der Waals surface area contributed by atoms with Gasteiger partial charge in [-0.2, -0.15) is 0 Å². The van der Waals surface area contributed by atoms with Crippen molar-refractivity contribution in [3.8, 4) is 0 Å². The smallest absolute Gasteiger partial charge is 0.253 e. The van der Waals surface area contributed by atoms with Crippen LogP contribution in [0.15, 0.2) is 24.3 Å². The normalized spacial score (nSPS) is 24.8. The molecule has 0 aromatic heterocycles. The first-order valence-electron chi connectivity index (χ1n) is 6.08. The standard InChI is InChI=1S/C14H18BrNO/c1-10-3-5-12(6-4-10)14(17)16-8-7-13(15)11(2)9-16/h3-6,11,13H,7-9H2,1-2H3. The molecule has 0 radical (unpaired) electrons. The molecule has 92 valence electrons. The summed E-state index contributed by atoms with van der Waals surface area (Å²) in [6, 6.07) is 7.83. The van der Waals surface area contributed by atoms with Gasteiger partial charge in [0.1, 0.15) is 0 Å². The number of hydrogen-bond acceptors (Lipinski definition) is 1. The Kier molecular flexibility index (Phi) is 3.87. The van der Waals surface area contributed by atoms with Gasteiger partial charge in [0.25, 0.3) is 5.91 Å². The molecule has 1 aliphatic rings. The maximum atomic E-state index is 12.3. The molecule has 0 saturated carbocycles. The fourth-order valence-corrected chi connectivity index (χ4v) is 2.55. The zero-order valence-electron chi connectivity index (χ0n) is 10.3. The molecule has 1 aromatic carbocycles. The number of hydrogen-bond donors (Lipinski definition) is 0. The highest BCUT2D eigenvalue weighted by molar-refractivity contribution is 9.09. The van der Waals surface area contributed by atoms with Crippen LogP contribution >= 0.6 is 15.9 Å². The zero-order valence-corrected chi connectivity index (χ0v) is 11.9. The number of halogens is 1. The van der Waals surface area contributed by atoms with Gasteiger partial charge in [0.2, 0.25) is 0 Å². The monoisotopic (exact) mass is 295 g/mol. The number of alkyl halides is 1. The second kappa shape index (κ2) is 5.21. The Balaban J connectivity index is 2.08. The molecule has 2 atom stereocenters. The molecule has 1 heterocycles. The number of amides is 1. The first-order valence-corrected chi connectivity index (χ1v) is 6.99. The maximum Gasteiger partial charge on any atom is 0.253 e. The fourth-order valence-electron chi connectivity index (χ4n) is 2.18. The van der Waals surface area contributed by atoms with E-state index in [4.69, 9.17) is 0 Å². The third-order valence-electron chi connectivity index (χ3n) is 3.39. The Bertz CT molecular complexity index is 401. The predicted octanol–water partition coefficient (Wildman–Crippen LogP) is 3.24. The molecule has 3 heteroatoms. The summed E-state index contributed by atoms with van der Waals surface area (Å²) in [7, 11) is 0. The number of nitrogens with zero attached hydrogens (tertiary/aromatic N) is 1. The van der Waals surface area contributed by atoms with Crippen LogP contribution in [0.3, 0.4) is 0 Å². The van der Waals surface area contributed by atoms with E-state index in [2.05, 4.69) is 22.9 Å². The third kappa shape index (κ3) is 2.89. The van der Waals surface area contributed by atoms with Crippen molar-refractivity contribution in [3.63, 3.8) is 0 Å². The van der Waals surface area contributed by atoms with Gasteiger partial charge in [-0.25, -0.2) is 0 Å². The molecule has 0 N–H and O–H groups in total. The SMILES string of the molecule is Cc1ccc(C(=O)N2CCC(Br)C(C)C2)cc1. The summed E-state index contributed by atoms with van der Waals surface area (Å²) in [6.07, 6.45) is 1.04. The Morgan fingerprint density at radius 1 is 1.35 bits per heavy atom. The molecule has 1 aliphatic heterocycles. The lowest BCUT2D eigenvalue weighted by atomic mass is 9.99. The number of piperidine rings is 1. The molecule has 0 bridgehead atoms. The van der Waals surface area contributed by atoms with Crippen molar-refractivity contribution in [1.29, 1.82) is 0 Å². The predicted molar refractivity (Wildman–Crippen MR) is 73.6 cm³/mol. The summed E-state index contributed by atoms with van der Waals surface area (Å²) in [5.41, 5.74) is 1.99. The molecule has 17 heavy (non-hydrogen) atoms. The number of carbonyl (C=O) groups is 1. The minimum atomic E-state index is 0.163. The van der Waals surface area contributed by atoms with Crippen molar-refractivity contribution in [2.45, 2.75) is 25.1 Å². The number of carbonyl (C=O) groups excluding carboxylic acids is 1. The Morgan fingerprint density at radius 2 is 2.00 bits per heavy atom. The lowest BCUT2D eigenvalue weighted by Crippen LogP contribution is -2.43. The number of rotatable bonds is 1. The van der Waals surface area contributed by atoms with Crippen LogP contribution in [-0.4, -0.2) is 28.7 Å². The largest absolute Gasteiger partial charge is 0.338 e. The lowest BCUT2D eigenvalue weighted by Gasteiger charge is -2.34. The van der Waals surface area contributed by atoms with Crippen molar-refractivity contribution >= 4 is 21.8 Å². The van der Waals surface area contributed by atoms with E-state index in [1.807, 2.05) is 36.1 Å². The number of aryl methyl sites for hydroxylation is 1. The van der Waals surface area contributed by atoms with E-state index in [0.717, 1.165) is 25.1 Å². The van der Waals surface area contributed by atoms with Crippen LogP contribution in [0.25, 0.3) is 0 Å². The van der Waals surface area contributed by atoms with Gasteiger partial charge in [0.05, 0.1) is 0 Å². The molecule has 2 rings (SSSR count). The van der Waals surface area contributed by atoms with Crippen molar-refractivity contribution in [3.05, 3.63) is 35.4 Å². The average Bonchev–Trinajstić information content (AvgIpc) is 2.33. The van der Waals surface area contributed by atoms with Gasteiger partial charge in [-0.1, -0.05) is 40.5 Å². The topological polar surface area (TPSA) is 20.3 Å². The van der Waals surface area contributed by atoms with E-state index >= 15 is 0 Å². The minimum Gasteiger partial charge on any atom is -0.338 e. The van der Waals surface area contributed by atoms with Crippen molar-refractivity contribution in [2.24, 2.45) is 5.92 Å². The van der Waals surface area contributed by atoms with E-state index < -0.39 is 0 Å². The van der Waals surface area contributed by atoms with Gasteiger partial charge in [-0.3, -0.25) is 4.79 Å². The molecule has 1 saturated heterocycles. The molecular formula is C14H18BrNO. The summed E-state index contributed by atoms with van der Waals surface area (Å²) >= 11 is 3.66. The molecule has 1 fully saturated rings. The van der Waals surface area contributed by atoms with Crippen molar-refractivity contribution < 1.29 is 4.79 Å². The molecule has 1 amide bonds. The zero-order chi connectivity index (χ0) is 12.4. The van der Waals surface area contributed by atoms with E-state index in [0.29, 0.717) is 10.7 Å². The Labute approximate surface area is 111 Å². The van der Waals surface area contributed by atoms with Crippen LogP contribution in [0.1, 0.15) is 29.3 Å². The molecule has 2 unspecified atom stereocenters. The highest BCUT2D eigenvalue weighted by Crippen LogP contribution is 2.24. The highest BCUT2D eigenvalue weighted by atomic mass is 79.9. The lowest BCUT2D eigenvalue weighted by molar-refractivity contribution is 0.0690. The second-order valence-electron chi connectivity index (χ2n) is 4.90. The van der Waals surface area contributed by atoms with Gasteiger partial charge in [0, 0.05) is 23.5 Å². The van der Waals surface area contributed by atoms with Crippen LogP contribution in [-0.2, 0) is 0 Å². The summed E-state index contributed by atoms with van der Waals surface area (Å²) in [4.78, 5) is 14.8. The fraction of sp³-hybridized carbons (Fsp3) is 0.500. The van der Waals surface area contributed by atoms with E-state index in [1.165, 1.54) is 5.56 Å². The molecular weight excluding hydrogens is 278 g/mol. The van der Waals surface area contributed by atoms with E-state index in [1.54, 1.807) is 0 Å². The van der Waals surface area contributed by atoms with Crippen molar-refractivity contribution in [1.82, 2.24) is 4.90 Å². The first-order chi connectivity index (χ1) is 8.08. The van der Waals surface area contributed by atoms with E-state index in [-0.39, 0.29) is 5.91 Å². The van der Waals surface area contributed by atoms with Crippen LogP contribution in [0, 0.1) is 12.8 Å². The van der Waals surface area contributed by atoms with Gasteiger partial charge in [-0.05, 0) is 31.4 Å². The maximum absolute atomic E-state index is 12.3. The van der Waals surface area contributed by atoms with Crippen LogP contribution < -0.4 is 0 Å². The molecule has 1 aromatic rings. The van der Waals surface area contributed by atoms with Crippen LogP contribution in [0.2, 0.25) is 0 Å². The van der Waals surface area contributed by atoms with Crippen LogP contribution in [0.5, 0.6) is 0 Å². The second-order valence-corrected chi connectivity index (χ2v) is 6.08. The molecule has 0 aliphatic carbocycles.